The van der Waals surface area contributed by atoms with Gasteiger partial charge in [0.15, 0.2) is 5.82 Å². The van der Waals surface area contributed by atoms with Crippen molar-refractivity contribution in [1.29, 1.82) is 0 Å². The third-order valence-corrected chi connectivity index (χ3v) is 7.63. The minimum Gasteiger partial charge on any atom is -0.444 e. The third kappa shape index (κ3) is 5.62. The van der Waals surface area contributed by atoms with Crippen LogP contribution in [-0.2, 0) is 30.8 Å². The van der Waals surface area contributed by atoms with Gasteiger partial charge in [-0.05, 0) is 65.7 Å². The van der Waals surface area contributed by atoms with Gasteiger partial charge in [0, 0.05) is 38.2 Å². The van der Waals surface area contributed by atoms with Gasteiger partial charge in [0.25, 0.3) is 5.91 Å². The van der Waals surface area contributed by atoms with Crippen molar-refractivity contribution in [3.05, 3.63) is 46.9 Å². The number of pyridine rings is 2. The molecule has 2 aliphatic heterocycles. The Kier molecular flexibility index (Phi) is 7.72. The largest absolute Gasteiger partial charge is 0.444 e. The number of amides is 2. The van der Waals surface area contributed by atoms with E-state index < -0.39 is 11.7 Å². The number of hydrogen-bond donors (Lipinski definition) is 0. The summed E-state index contributed by atoms with van der Waals surface area (Å²) in [4.78, 5) is 42.1. The standard InChI is InChI=1S/C30H40N8O3/c1-8-24-33-34-27(36(24)9-2)22-13-10-14-25(31-22)38-17-21-20(28(38)39)16-26(37-15-11-12-19(37)3)32-23(21)18-35(7)29(40)41-30(4,5)6/h10,13-14,16,19H,8-9,11-12,15,17-18H2,1-7H3. The first kappa shape index (κ1) is 28.5. The first-order valence-corrected chi connectivity index (χ1v) is 14.5. The van der Waals surface area contributed by atoms with Crippen LogP contribution in [0.1, 0.15) is 81.8 Å². The maximum Gasteiger partial charge on any atom is 0.410 e. The molecule has 3 aromatic heterocycles. The number of aromatic nitrogens is 5. The number of fused-ring (bicyclic) bond motifs is 1. The van der Waals surface area contributed by atoms with Crippen LogP contribution in [0, 0.1) is 0 Å². The molecule has 1 fully saturated rings. The highest BCUT2D eigenvalue weighted by atomic mass is 16.6. The van der Waals surface area contributed by atoms with Crippen LogP contribution >= 0.6 is 0 Å². The number of rotatable bonds is 7. The molecule has 2 aliphatic rings. The third-order valence-electron chi connectivity index (χ3n) is 7.63. The predicted octanol–water partition coefficient (Wildman–Crippen LogP) is 4.83. The molecule has 5 rings (SSSR count). The van der Waals surface area contributed by atoms with Crippen molar-refractivity contribution >= 4 is 23.6 Å². The molecule has 1 saturated heterocycles. The number of ether oxygens (including phenoxy) is 1. The Bertz CT molecular complexity index is 1460. The summed E-state index contributed by atoms with van der Waals surface area (Å²) in [5, 5.41) is 8.71. The Morgan fingerprint density at radius 3 is 2.59 bits per heavy atom. The van der Waals surface area contributed by atoms with Crippen LogP contribution in [0.5, 0.6) is 0 Å². The lowest BCUT2D eigenvalue weighted by Crippen LogP contribution is -2.34. The molecule has 0 aromatic carbocycles. The van der Waals surface area contributed by atoms with Gasteiger partial charge < -0.3 is 19.1 Å². The monoisotopic (exact) mass is 560 g/mol. The fourth-order valence-corrected chi connectivity index (χ4v) is 5.53. The van der Waals surface area contributed by atoms with Gasteiger partial charge in [-0.2, -0.15) is 0 Å². The van der Waals surface area contributed by atoms with Gasteiger partial charge in [0.1, 0.15) is 28.8 Å². The fraction of sp³-hybridized carbons (Fsp3) is 0.533. The zero-order valence-corrected chi connectivity index (χ0v) is 25.1. The predicted molar refractivity (Wildman–Crippen MR) is 157 cm³/mol. The first-order chi connectivity index (χ1) is 19.5. The summed E-state index contributed by atoms with van der Waals surface area (Å²) in [5.41, 5.74) is 2.14. The van der Waals surface area contributed by atoms with Gasteiger partial charge in [-0.15, -0.1) is 10.2 Å². The van der Waals surface area contributed by atoms with E-state index in [0.29, 0.717) is 41.2 Å². The minimum atomic E-state index is -0.614. The summed E-state index contributed by atoms with van der Waals surface area (Å²) < 4.78 is 7.63. The number of nitrogens with zero attached hydrogens (tertiary/aromatic N) is 8. The van der Waals surface area contributed by atoms with Gasteiger partial charge in [-0.25, -0.2) is 14.8 Å². The van der Waals surface area contributed by atoms with E-state index in [2.05, 4.69) is 28.9 Å². The van der Waals surface area contributed by atoms with E-state index in [1.807, 2.05) is 56.5 Å². The van der Waals surface area contributed by atoms with Crippen molar-refractivity contribution in [1.82, 2.24) is 29.6 Å². The highest BCUT2D eigenvalue weighted by molar-refractivity contribution is 6.10. The number of carbonyl (C=O) groups excluding carboxylic acids is 2. The molecule has 0 saturated carbocycles. The molecule has 0 N–H and O–H groups in total. The van der Waals surface area contributed by atoms with Crippen LogP contribution < -0.4 is 9.80 Å². The second-order valence-corrected chi connectivity index (χ2v) is 11.8. The Labute approximate surface area is 241 Å². The van der Waals surface area contributed by atoms with Gasteiger partial charge in [0.2, 0.25) is 0 Å². The summed E-state index contributed by atoms with van der Waals surface area (Å²) in [6, 6.07) is 7.85. The lowest BCUT2D eigenvalue weighted by molar-refractivity contribution is 0.0282. The molecular formula is C30H40N8O3. The van der Waals surface area contributed by atoms with E-state index in [1.165, 1.54) is 4.90 Å². The average molecular weight is 561 g/mol. The summed E-state index contributed by atoms with van der Waals surface area (Å²) in [6.45, 7) is 13.9. The van der Waals surface area contributed by atoms with E-state index >= 15 is 0 Å². The molecule has 218 valence electrons. The van der Waals surface area contributed by atoms with Crippen molar-refractivity contribution in [3.63, 3.8) is 0 Å². The highest BCUT2D eigenvalue weighted by Crippen LogP contribution is 2.34. The fourth-order valence-electron chi connectivity index (χ4n) is 5.53. The molecule has 2 amide bonds. The Hall–Kier alpha value is -4.02. The lowest BCUT2D eigenvalue weighted by Gasteiger charge is -2.26. The SMILES string of the molecule is CCc1nnc(-c2cccc(N3Cc4c(cc(N5CCCC5C)nc4CN(C)C(=O)OC(C)(C)C)C3=O)n2)n1CC. The van der Waals surface area contributed by atoms with E-state index in [1.54, 1.807) is 11.9 Å². The van der Waals surface area contributed by atoms with Gasteiger partial charge in [-0.3, -0.25) is 9.69 Å². The van der Waals surface area contributed by atoms with Gasteiger partial charge in [-0.1, -0.05) is 13.0 Å². The Balaban J connectivity index is 1.50. The molecule has 3 aromatic rings. The van der Waals surface area contributed by atoms with Crippen molar-refractivity contribution in [3.8, 4) is 11.5 Å². The maximum atomic E-state index is 13.9. The molecule has 41 heavy (non-hydrogen) atoms. The first-order valence-electron chi connectivity index (χ1n) is 14.5. The van der Waals surface area contributed by atoms with Crippen molar-refractivity contribution in [2.45, 2.75) is 92.1 Å². The van der Waals surface area contributed by atoms with E-state index in [9.17, 15) is 9.59 Å². The summed E-state index contributed by atoms with van der Waals surface area (Å²) >= 11 is 0. The van der Waals surface area contributed by atoms with Crippen LogP contribution in [0.4, 0.5) is 16.4 Å². The average Bonchev–Trinajstić information content (AvgIpc) is 3.64. The normalized spacial score (nSPS) is 16.9. The molecule has 0 aliphatic carbocycles. The van der Waals surface area contributed by atoms with Crippen LogP contribution in [0.3, 0.4) is 0 Å². The summed E-state index contributed by atoms with van der Waals surface area (Å²) in [6.07, 6.45) is 2.48. The topological polar surface area (TPSA) is 110 Å². The van der Waals surface area contributed by atoms with Crippen molar-refractivity contribution < 1.29 is 14.3 Å². The minimum absolute atomic E-state index is 0.132. The highest BCUT2D eigenvalue weighted by Gasteiger charge is 2.35. The molecule has 11 heteroatoms. The number of anilines is 2. The molecule has 0 spiro atoms. The second-order valence-electron chi connectivity index (χ2n) is 11.8. The number of carbonyl (C=O) groups is 2. The van der Waals surface area contributed by atoms with Crippen LogP contribution in [0.2, 0.25) is 0 Å². The molecule has 0 bridgehead atoms. The van der Waals surface area contributed by atoms with Crippen LogP contribution in [0.15, 0.2) is 24.3 Å². The smallest absolute Gasteiger partial charge is 0.410 e. The molecule has 0 radical (unpaired) electrons. The molecule has 1 unspecified atom stereocenters. The molecule has 5 heterocycles. The zero-order chi connectivity index (χ0) is 29.5. The van der Waals surface area contributed by atoms with E-state index in [-0.39, 0.29) is 12.5 Å². The van der Waals surface area contributed by atoms with Gasteiger partial charge in [0.05, 0.1) is 24.3 Å². The van der Waals surface area contributed by atoms with Crippen LogP contribution in [0.25, 0.3) is 11.5 Å². The van der Waals surface area contributed by atoms with Crippen molar-refractivity contribution in [2.75, 3.05) is 23.4 Å². The summed E-state index contributed by atoms with van der Waals surface area (Å²) in [7, 11) is 1.70. The molecule has 11 nitrogen and oxygen atoms in total. The maximum absolute atomic E-state index is 13.9. The van der Waals surface area contributed by atoms with Gasteiger partial charge >= 0.3 is 6.09 Å². The number of aryl methyl sites for hydroxylation is 1. The molecular weight excluding hydrogens is 520 g/mol. The second kappa shape index (κ2) is 11.1. The lowest BCUT2D eigenvalue weighted by atomic mass is 10.1. The zero-order valence-electron chi connectivity index (χ0n) is 25.1. The molecule has 1 atom stereocenters. The Morgan fingerprint density at radius 1 is 1.15 bits per heavy atom. The van der Waals surface area contributed by atoms with E-state index in [0.717, 1.165) is 49.6 Å². The van der Waals surface area contributed by atoms with Crippen LogP contribution in [-0.4, -0.2) is 66.9 Å². The number of hydrogen-bond acceptors (Lipinski definition) is 8. The van der Waals surface area contributed by atoms with Crippen molar-refractivity contribution in [2.24, 2.45) is 0 Å². The summed E-state index contributed by atoms with van der Waals surface area (Å²) in [5.74, 6) is 2.75. The Morgan fingerprint density at radius 2 is 1.93 bits per heavy atom. The quantitative estimate of drug-likeness (QED) is 0.404. The van der Waals surface area contributed by atoms with E-state index in [4.69, 9.17) is 14.7 Å².